The van der Waals surface area contributed by atoms with Crippen molar-refractivity contribution < 1.29 is 32.2 Å². The fraction of sp³-hybridized carbons (Fsp3) is 0.286. The molecule has 2 aromatic carbocycles. The second kappa shape index (κ2) is 10.4. The molecule has 0 bridgehead atoms. The summed E-state index contributed by atoms with van der Waals surface area (Å²) in [5, 5.41) is 2.81. The Kier molecular flexibility index (Phi) is 8.14. The van der Waals surface area contributed by atoms with Gasteiger partial charge in [0.15, 0.2) is 0 Å². The number of methoxy groups -OCH3 is 1. The summed E-state index contributed by atoms with van der Waals surface area (Å²) in [7, 11) is 1.52. The summed E-state index contributed by atoms with van der Waals surface area (Å²) in [5.74, 6) is -0.319. The summed E-state index contributed by atoms with van der Waals surface area (Å²) in [6.45, 7) is 6.13. The van der Waals surface area contributed by atoms with Crippen molar-refractivity contribution >= 4 is 34.5 Å². The molecule has 0 saturated heterocycles. The number of alkyl halides is 3. The van der Waals surface area contributed by atoms with Crippen LogP contribution in [0, 0.1) is 0 Å². The molecule has 0 atom stereocenters. The minimum Gasteiger partial charge on any atom is -0.490 e. The van der Waals surface area contributed by atoms with Gasteiger partial charge in [-0.25, -0.2) is 4.79 Å². The molecule has 0 radical (unpaired) electrons. The Morgan fingerprint density at radius 3 is 2.50 bits per heavy atom. The number of carbonyl (C=O) groups excluding carboxylic acids is 1. The van der Waals surface area contributed by atoms with Crippen LogP contribution in [0.15, 0.2) is 43.0 Å². The van der Waals surface area contributed by atoms with Crippen LogP contribution in [0.2, 0.25) is 5.02 Å². The molecule has 30 heavy (non-hydrogen) atoms. The molecule has 0 aromatic heterocycles. The smallest absolute Gasteiger partial charge is 0.416 e. The summed E-state index contributed by atoms with van der Waals surface area (Å²) < 4.78 is 54.3. The molecule has 2 aromatic rings. The Morgan fingerprint density at radius 2 is 1.90 bits per heavy atom. The molecule has 162 valence electrons. The maximum Gasteiger partial charge on any atom is 0.416 e. The highest BCUT2D eigenvalue weighted by Crippen LogP contribution is 2.38. The average Bonchev–Trinajstić information content (AvgIpc) is 2.69. The molecule has 9 heteroatoms. The van der Waals surface area contributed by atoms with E-state index in [2.05, 4.69) is 11.9 Å². The van der Waals surface area contributed by atoms with Gasteiger partial charge in [-0.1, -0.05) is 24.2 Å². The van der Waals surface area contributed by atoms with Crippen molar-refractivity contribution in [1.29, 1.82) is 0 Å². The zero-order valence-electron chi connectivity index (χ0n) is 16.4. The number of ether oxygens (including phenoxy) is 3. The molecule has 0 spiro atoms. The van der Waals surface area contributed by atoms with E-state index in [0.717, 1.165) is 12.1 Å². The van der Waals surface area contributed by atoms with Gasteiger partial charge >= 0.3 is 12.1 Å². The van der Waals surface area contributed by atoms with Crippen molar-refractivity contribution in [3.05, 3.63) is 59.1 Å². The van der Waals surface area contributed by atoms with E-state index in [1.807, 2.05) is 0 Å². The monoisotopic (exact) mass is 443 g/mol. The lowest BCUT2D eigenvalue weighted by Crippen LogP contribution is -2.11. The summed E-state index contributed by atoms with van der Waals surface area (Å²) >= 11 is 6.05. The molecule has 0 unspecified atom stereocenters. The van der Waals surface area contributed by atoms with Crippen LogP contribution < -0.4 is 10.1 Å². The van der Waals surface area contributed by atoms with Crippen LogP contribution in [0.3, 0.4) is 0 Å². The fourth-order valence-corrected chi connectivity index (χ4v) is 2.79. The van der Waals surface area contributed by atoms with Gasteiger partial charge in [0.2, 0.25) is 0 Å². The van der Waals surface area contributed by atoms with E-state index < -0.39 is 17.7 Å². The maximum atomic E-state index is 12.9. The van der Waals surface area contributed by atoms with Gasteiger partial charge in [-0.05, 0) is 37.3 Å². The molecule has 0 fully saturated rings. The number of benzene rings is 2. The van der Waals surface area contributed by atoms with Crippen molar-refractivity contribution in [2.24, 2.45) is 0 Å². The second-order valence-electron chi connectivity index (χ2n) is 6.04. The van der Waals surface area contributed by atoms with Gasteiger partial charge in [0.05, 0.1) is 46.3 Å². The number of hydrogen-bond acceptors (Lipinski definition) is 5. The highest BCUT2D eigenvalue weighted by molar-refractivity contribution is 6.33. The number of esters is 1. The first-order chi connectivity index (χ1) is 14.2. The summed E-state index contributed by atoms with van der Waals surface area (Å²) in [5.41, 5.74) is 0.0468. The Hall–Kier alpha value is -2.71. The van der Waals surface area contributed by atoms with E-state index in [1.165, 1.54) is 13.2 Å². The Labute approximate surface area is 177 Å². The average molecular weight is 444 g/mol. The molecule has 0 heterocycles. The van der Waals surface area contributed by atoms with Crippen LogP contribution in [-0.4, -0.2) is 32.9 Å². The third-order valence-electron chi connectivity index (χ3n) is 3.96. The first kappa shape index (κ1) is 23.6. The lowest BCUT2D eigenvalue weighted by atomic mass is 10.0. The van der Waals surface area contributed by atoms with Gasteiger partial charge in [-0.15, -0.1) is 0 Å². The van der Waals surface area contributed by atoms with Gasteiger partial charge in [-0.2, -0.15) is 13.2 Å². The fourth-order valence-electron chi connectivity index (χ4n) is 2.56. The first-order valence-electron chi connectivity index (χ1n) is 8.94. The van der Waals surface area contributed by atoms with Gasteiger partial charge in [0.1, 0.15) is 12.4 Å². The van der Waals surface area contributed by atoms with E-state index >= 15 is 0 Å². The number of rotatable bonds is 9. The van der Waals surface area contributed by atoms with Crippen molar-refractivity contribution in [3.8, 4) is 5.75 Å². The first-order valence-corrected chi connectivity index (χ1v) is 9.31. The van der Waals surface area contributed by atoms with Crippen LogP contribution in [0.1, 0.15) is 18.1 Å². The SMILES string of the molecule is C=C(C(=O)OCC)c1c(Nc2ccc(C(F)(F)F)cc2Cl)cccc1OCCOC. The summed E-state index contributed by atoms with van der Waals surface area (Å²) in [6.07, 6.45) is -4.51. The summed E-state index contributed by atoms with van der Waals surface area (Å²) in [4.78, 5) is 12.3. The topological polar surface area (TPSA) is 56.8 Å². The van der Waals surface area contributed by atoms with Crippen LogP contribution in [0.4, 0.5) is 24.5 Å². The molecule has 0 amide bonds. The zero-order valence-corrected chi connectivity index (χ0v) is 17.2. The molecule has 1 N–H and O–H groups in total. The molecule has 0 saturated carbocycles. The molecular formula is C21H21ClF3NO4. The van der Waals surface area contributed by atoms with Crippen LogP contribution in [-0.2, 0) is 20.4 Å². The summed E-state index contributed by atoms with van der Waals surface area (Å²) in [6, 6.07) is 7.85. The predicted molar refractivity (Wildman–Crippen MR) is 109 cm³/mol. The number of carbonyl (C=O) groups is 1. The predicted octanol–water partition coefficient (Wildman–Crippen LogP) is 5.70. The number of nitrogens with one attached hydrogen (secondary N) is 1. The van der Waals surface area contributed by atoms with Crippen LogP contribution in [0.25, 0.3) is 5.57 Å². The maximum absolute atomic E-state index is 12.9. The standard InChI is InChI=1S/C21H21ClF3NO4/c1-4-29-20(27)13(2)19-17(6-5-7-18(19)30-11-10-28-3)26-16-9-8-14(12-15(16)22)21(23,24)25/h5-9,12,26H,2,4,10-11H2,1,3H3. The third-order valence-corrected chi connectivity index (χ3v) is 4.27. The lowest BCUT2D eigenvalue weighted by Gasteiger charge is -2.19. The van der Waals surface area contributed by atoms with E-state index in [1.54, 1.807) is 25.1 Å². The molecule has 0 aliphatic heterocycles. The van der Waals surface area contributed by atoms with Crippen LogP contribution >= 0.6 is 11.6 Å². The van der Waals surface area contributed by atoms with Crippen molar-refractivity contribution in [2.45, 2.75) is 13.1 Å². The Bertz CT molecular complexity index is 916. The van der Waals surface area contributed by atoms with Crippen molar-refractivity contribution in [1.82, 2.24) is 0 Å². The molecule has 0 aliphatic rings. The lowest BCUT2D eigenvalue weighted by molar-refractivity contribution is -0.138. The third kappa shape index (κ3) is 5.90. The highest BCUT2D eigenvalue weighted by Gasteiger charge is 2.31. The van der Waals surface area contributed by atoms with Gasteiger partial charge in [0.25, 0.3) is 0 Å². The second-order valence-corrected chi connectivity index (χ2v) is 6.44. The van der Waals surface area contributed by atoms with E-state index in [-0.39, 0.29) is 29.5 Å². The highest BCUT2D eigenvalue weighted by atomic mass is 35.5. The normalized spacial score (nSPS) is 11.1. The number of anilines is 2. The van der Waals surface area contributed by atoms with Crippen LogP contribution in [0.5, 0.6) is 5.75 Å². The van der Waals surface area contributed by atoms with Crippen molar-refractivity contribution in [2.75, 3.05) is 32.2 Å². The molecule has 2 rings (SSSR count). The van der Waals surface area contributed by atoms with E-state index in [9.17, 15) is 18.0 Å². The number of halogens is 4. The van der Waals surface area contributed by atoms with E-state index in [0.29, 0.717) is 23.6 Å². The van der Waals surface area contributed by atoms with Gasteiger partial charge < -0.3 is 19.5 Å². The van der Waals surface area contributed by atoms with Gasteiger partial charge in [-0.3, -0.25) is 0 Å². The quantitative estimate of drug-likeness (QED) is 0.306. The Balaban J connectivity index is 2.45. The molecule has 5 nitrogen and oxygen atoms in total. The minimum absolute atomic E-state index is 0.0235. The Morgan fingerprint density at radius 1 is 1.17 bits per heavy atom. The molecular weight excluding hydrogens is 423 g/mol. The zero-order chi connectivity index (χ0) is 22.3. The largest absolute Gasteiger partial charge is 0.490 e. The van der Waals surface area contributed by atoms with Crippen molar-refractivity contribution in [3.63, 3.8) is 0 Å². The van der Waals surface area contributed by atoms with E-state index in [4.69, 9.17) is 25.8 Å². The minimum atomic E-state index is -4.51. The van der Waals surface area contributed by atoms with Gasteiger partial charge in [0, 0.05) is 7.11 Å². The molecule has 0 aliphatic carbocycles. The number of hydrogen-bond donors (Lipinski definition) is 1.